The third-order valence-corrected chi connectivity index (χ3v) is 3.68. The summed E-state index contributed by atoms with van der Waals surface area (Å²) < 4.78 is 7.12. The van der Waals surface area contributed by atoms with Gasteiger partial charge in [0.2, 0.25) is 0 Å². The van der Waals surface area contributed by atoms with E-state index in [1.165, 1.54) is 14.7 Å². The molecule has 18 heavy (non-hydrogen) atoms. The first-order chi connectivity index (χ1) is 8.81. The van der Waals surface area contributed by atoms with Crippen LogP contribution in [0.1, 0.15) is 17.2 Å². The fourth-order valence-corrected chi connectivity index (χ4v) is 2.45. The molecule has 0 fully saturated rings. The van der Waals surface area contributed by atoms with Crippen LogP contribution < -0.4 is 0 Å². The standard InChI is InChI=1S/C16H15IO/c1-2-16(14-10-6-7-11-15(14)17)18-12-13-8-4-3-5-9-13/h2-11,16H,1,12H2. The molecular weight excluding hydrogens is 335 g/mol. The molecule has 1 nitrogen and oxygen atoms in total. The largest absolute Gasteiger partial charge is 0.365 e. The lowest BCUT2D eigenvalue weighted by atomic mass is 10.1. The van der Waals surface area contributed by atoms with E-state index in [9.17, 15) is 0 Å². The summed E-state index contributed by atoms with van der Waals surface area (Å²) in [6, 6.07) is 18.4. The van der Waals surface area contributed by atoms with E-state index in [2.05, 4.69) is 53.4 Å². The lowest BCUT2D eigenvalue weighted by molar-refractivity contribution is 0.0715. The number of halogens is 1. The molecule has 0 N–H and O–H groups in total. The van der Waals surface area contributed by atoms with Crippen LogP contribution in [0.15, 0.2) is 67.3 Å². The molecule has 0 saturated carbocycles. The van der Waals surface area contributed by atoms with Crippen LogP contribution >= 0.6 is 22.6 Å². The van der Waals surface area contributed by atoms with Crippen molar-refractivity contribution in [1.29, 1.82) is 0 Å². The van der Waals surface area contributed by atoms with E-state index >= 15 is 0 Å². The Kier molecular flexibility index (Phi) is 4.96. The number of hydrogen-bond acceptors (Lipinski definition) is 1. The zero-order valence-electron chi connectivity index (χ0n) is 10.1. The summed E-state index contributed by atoms with van der Waals surface area (Å²) in [5.74, 6) is 0. The van der Waals surface area contributed by atoms with Crippen molar-refractivity contribution in [3.8, 4) is 0 Å². The Morgan fingerprint density at radius 2 is 1.72 bits per heavy atom. The first-order valence-electron chi connectivity index (χ1n) is 5.84. The van der Waals surface area contributed by atoms with Gasteiger partial charge in [-0.1, -0.05) is 54.6 Å². The van der Waals surface area contributed by atoms with Gasteiger partial charge >= 0.3 is 0 Å². The fraction of sp³-hybridized carbons (Fsp3) is 0.125. The van der Waals surface area contributed by atoms with Gasteiger partial charge in [0, 0.05) is 3.57 Å². The molecule has 2 heteroatoms. The van der Waals surface area contributed by atoms with Crippen molar-refractivity contribution in [1.82, 2.24) is 0 Å². The van der Waals surface area contributed by atoms with Gasteiger partial charge in [-0.05, 0) is 39.8 Å². The Labute approximate surface area is 122 Å². The van der Waals surface area contributed by atoms with Gasteiger partial charge < -0.3 is 4.74 Å². The van der Waals surface area contributed by atoms with E-state index in [-0.39, 0.29) is 6.10 Å². The van der Waals surface area contributed by atoms with Gasteiger partial charge in [-0.25, -0.2) is 0 Å². The molecule has 0 aliphatic rings. The van der Waals surface area contributed by atoms with E-state index in [1.54, 1.807) is 0 Å². The summed E-state index contributed by atoms with van der Waals surface area (Å²) in [7, 11) is 0. The quantitative estimate of drug-likeness (QED) is 0.559. The highest BCUT2D eigenvalue weighted by atomic mass is 127. The monoisotopic (exact) mass is 350 g/mol. The zero-order valence-corrected chi connectivity index (χ0v) is 12.2. The van der Waals surface area contributed by atoms with Crippen molar-refractivity contribution in [2.75, 3.05) is 0 Å². The molecule has 0 aliphatic heterocycles. The molecule has 2 aromatic rings. The first kappa shape index (κ1) is 13.3. The van der Waals surface area contributed by atoms with Crippen molar-refractivity contribution in [2.24, 2.45) is 0 Å². The highest BCUT2D eigenvalue weighted by Crippen LogP contribution is 2.24. The Morgan fingerprint density at radius 1 is 1.06 bits per heavy atom. The normalized spacial score (nSPS) is 12.1. The lowest BCUT2D eigenvalue weighted by Gasteiger charge is -2.16. The van der Waals surface area contributed by atoms with Crippen LogP contribution in [-0.2, 0) is 11.3 Å². The van der Waals surface area contributed by atoms with Crippen LogP contribution in [0.3, 0.4) is 0 Å². The third kappa shape index (κ3) is 3.43. The summed E-state index contributed by atoms with van der Waals surface area (Å²) in [6.07, 6.45) is 1.79. The van der Waals surface area contributed by atoms with Gasteiger partial charge in [0.25, 0.3) is 0 Å². The summed E-state index contributed by atoms with van der Waals surface area (Å²) in [5.41, 5.74) is 2.35. The summed E-state index contributed by atoms with van der Waals surface area (Å²) in [5, 5.41) is 0. The molecule has 1 atom stereocenters. The molecule has 92 valence electrons. The molecule has 0 amide bonds. The lowest BCUT2D eigenvalue weighted by Crippen LogP contribution is -2.03. The second-order valence-electron chi connectivity index (χ2n) is 3.97. The molecule has 0 bridgehead atoms. The number of benzene rings is 2. The van der Waals surface area contributed by atoms with Crippen LogP contribution in [0.5, 0.6) is 0 Å². The molecule has 2 aromatic carbocycles. The maximum atomic E-state index is 5.92. The number of rotatable bonds is 5. The zero-order chi connectivity index (χ0) is 12.8. The maximum Gasteiger partial charge on any atom is 0.102 e. The number of ether oxygens (including phenoxy) is 1. The van der Waals surface area contributed by atoms with Gasteiger partial charge in [-0.3, -0.25) is 0 Å². The third-order valence-electron chi connectivity index (χ3n) is 2.70. The van der Waals surface area contributed by atoms with E-state index in [1.807, 2.05) is 36.4 Å². The highest BCUT2D eigenvalue weighted by molar-refractivity contribution is 14.1. The minimum Gasteiger partial charge on any atom is -0.365 e. The second-order valence-corrected chi connectivity index (χ2v) is 5.14. The number of hydrogen-bond donors (Lipinski definition) is 0. The van der Waals surface area contributed by atoms with Gasteiger partial charge in [0.05, 0.1) is 6.61 Å². The highest BCUT2D eigenvalue weighted by Gasteiger charge is 2.10. The molecule has 0 spiro atoms. The van der Waals surface area contributed by atoms with E-state index < -0.39 is 0 Å². The Hall–Kier alpha value is -1.13. The van der Waals surface area contributed by atoms with Crippen LogP contribution in [0.25, 0.3) is 0 Å². The smallest absolute Gasteiger partial charge is 0.102 e. The average Bonchev–Trinajstić information content (AvgIpc) is 2.42. The Balaban J connectivity index is 2.07. The molecule has 1 unspecified atom stereocenters. The fourth-order valence-electron chi connectivity index (χ4n) is 1.75. The maximum absolute atomic E-state index is 5.92. The van der Waals surface area contributed by atoms with Crippen molar-refractivity contribution in [3.05, 3.63) is 81.9 Å². The Bertz CT molecular complexity index is 508. The SMILES string of the molecule is C=CC(OCc1ccccc1)c1ccccc1I. The van der Waals surface area contributed by atoms with Crippen molar-refractivity contribution in [2.45, 2.75) is 12.7 Å². The topological polar surface area (TPSA) is 9.23 Å². The van der Waals surface area contributed by atoms with Crippen molar-refractivity contribution in [3.63, 3.8) is 0 Å². The van der Waals surface area contributed by atoms with E-state index in [0.717, 1.165) is 0 Å². The van der Waals surface area contributed by atoms with Crippen LogP contribution in [0.4, 0.5) is 0 Å². The van der Waals surface area contributed by atoms with Crippen LogP contribution in [0, 0.1) is 3.57 Å². The summed E-state index contributed by atoms with van der Waals surface area (Å²) in [4.78, 5) is 0. The average molecular weight is 350 g/mol. The molecule has 0 saturated heterocycles. The molecule has 0 radical (unpaired) electrons. The van der Waals surface area contributed by atoms with Gasteiger partial charge in [0.15, 0.2) is 0 Å². The van der Waals surface area contributed by atoms with Crippen LogP contribution in [0.2, 0.25) is 0 Å². The molecule has 0 heterocycles. The Morgan fingerprint density at radius 3 is 2.39 bits per heavy atom. The minimum atomic E-state index is -0.0571. The van der Waals surface area contributed by atoms with Crippen molar-refractivity contribution >= 4 is 22.6 Å². The molecule has 0 aliphatic carbocycles. The van der Waals surface area contributed by atoms with E-state index in [4.69, 9.17) is 4.74 Å². The molecule has 2 rings (SSSR count). The molecular formula is C16H15IO. The minimum absolute atomic E-state index is 0.0571. The van der Waals surface area contributed by atoms with Gasteiger partial charge in [0.1, 0.15) is 6.10 Å². The second kappa shape index (κ2) is 6.71. The first-order valence-corrected chi connectivity index (χ1v) is 6.91. The van der Waals surface area contributed by atoms with E-state index in [0.29, 0.717) is 6.61 Å². The molecule has 0 aromatic heterocycles. The van der Waals surface area contributed by atoms with Crippen LogP contribution in [-0.4, -0.2) is 0 Å². The van der Waals surface area contributed by atoms with Gasteiger partial charge in [-0.2, -0.15) is 0 Å². The predicted octanol–water partition coefficient (Wildman–Crippen LogP) is 4.74. The summed E-state index contributed by atoms with van der Waals surface area (Å²) in [6.45, 7) is 4.46. The predicted molar refractivity (Wildman–Crippen MR) is 83.3 cm³/mol. The van der Waals surface area contributed by atoms with Crippen molar-refractivity contribution < 1.29 is 4.74 Å². The van der Waals surface area contributed by atoms with Gasteiger partial charge in [-0.15, -0.1) is 6.58 Å². The summed E-state index contributed by atoms with van der Waals surface area (Å²) >= 11 is 2.33.